The van der Waals surface area contributed by atoms with Crippen LogP contribution in [0.5, 0.6) is 0 Å². The number of nitrogens with one attached hydrogen (secondary N) is 1. The first-order valence-corrected chi connectivity index (χ1v) is 13.1. The molecule has 4 rings (SSSR count). The molecule has 1 N–H and O–H groups in total. The van der Waals surface area contributed by atoms with Crippen LogP contribution in [0.3, 0.4) is 0 Å². The molecule has 33 heavy (non-hydrogen) atoms. The fraction of sp³-hybridized carbons (Fsp3) is 0.348. The van der Waals surface area contributed by atoms with Crippen molar-refractivity contribution in [2.24, 2.45) is 4.40 Å². The predicted octanol–water partition coefficient (Wildman–Crippen LogP) is 4.18. The van der Waals surface area contributed by atoms with Crippen LogP contribution in [0.1, 0.15) is 38.5 Å². The third-order valence-electron chi connectivity index (χ3n) is 5.64. The van der Waals surface area contributed by atoms with Crippen molar-refractivity contribution in [1.82, 2.24) is 4.90 Å². The first-order valence-electron chi connectivity index (χ1n) is 10.8. The van der Waals surface area contributed by atoms with Gasteiger partial charge in [-0.25, -0.2) is 4.39 Å². The van der Waals surface area contributed by atoms with E-state index in [1.54, 1.807) is 18.2 Å². The Labute approximate surface area is 196 Å². The predicted molar refractivity (Wildman–Crippen MR) is 126 cm³/mol. The Morgan fingerprint density at radius 2 is 1.73 bits per heavy atom. The summed E-state index contributed by atoms with van der Waals surface area (Å²) in [5.74, 6) is -1.13. The smallest absolute Gasteiger partial charge is 0.284 e. The van der Waals surface area contributed by atoms with Gasteiger partial charge in [0.1, 0.15) is 11.1 Å². The van der Waals surface area contributed by atoms with E-state index in [-0.39, 0.29) is 28.4 Å². The molecule has 0 aromatic heterocycles. The second kappa shape index (κ2) is 10.0. The maximum absolute atomic E-state index is 13.3. The molecule has 0 radical (unpaired) electrons. The maximum Gasteiger partial charge on any atom is 0.284 e. The largest absolute Gasteiger partial charge is 0.326 e. The second-order valence-corrected chi connectivity index (χ2v) is 10.8. The van der Waals surface area contributed by atoms with Gasteiger partial charge < -0.3 is 5.32 Å². The monoisotopic (exact) mass is 489 g/mol. The molecule has 1 aliphatic carbocycles. The van der Waals surface area contributed by atoms with Gasteiger partial charge in [-0.15, -0.1) is 4.40 Å². The number of amidine groups is 1. The van der Waals surface area contributed by atoms with Gasteiger partial charge in [0, 0.05) is 18.2 Å². The molecule has 2 aromatic carbocycles. The fourth-order valence-corrected chi connectivity index (χ4v) is 6.44. The maximum atomic E-state index is 13.3. The minimum atomic E-state index is -4.01. The zero-order chi connectivity index (χ0) is 23.4. The Hall–Kier alpha value is -2.72. The fourth-order valence-electron chi connectivity index (χ4n) is 4.02. The molecule has 2 aliphatic rings. The lowest BCUT2D eigenvalue weighted by Crippen LogP contribution is -2.42. The summed E-state index contributed by atoms with van der Waals surface area (Å²) in [4.78, 5) is 27.4. The molecule has 0 bridgehead atoms. The van der Waals surface area contributed by atoms with Gasteiger partial charge >= 0.3 is 0 Å². The number of carbonyl (C=O) groups is 2. The van der Waals surface area contributed by atoms with Gasteiger partial charge in [-0.1, -0.05) is 49.2 Å². The number of hydrogen-bond donors (Lipinski definition) is 1. The highest BCUT2D eigenvalue weighted by molar-refractivity contribution is 8.16. The zero-order valence-corrected chi connectivity index (χ0v) is 19.4. The quantitative estimate of drug-likeness (QED) is 0.657. The van der Waals surface area contributed by atoms with Crippen LogP contribution in [0.4, 0.5) is 10.1 Å². The van der Waals surface area contributed by atoms with Crippen LogP contribution in [0.15, 0.2) is 63.9 Å². The van der Waals surface area contributed by atoms with Gasteiger partial charge in [0.25, 0.3) is 10.0 Å². The number of benzene rings is 2. The molecule has 1 aliphatic heterocycles. The van der Waals surface area contributed by atoms with Gasteiger partial charge in [0.2, 0.25) is 11.8 Å². The summed E-state index contributed by atoms with van der Waals surface area (Å²) in [6.45, 7) is 0. The summed E-state index contributed by atoms with van der Waals surface area (Å²) in [5.41, 5.74) is 0.418. The number of nitrogens with zero attached hydrogens (tertiary/aromatic N) is 2. The van der Waals surface area contributed by atoms with E-state index < -0.39 is 27.0 Å². The van der Waals surface area contributed by atoms with Crippen LogP contribution in [-0.4, -0.2) is 41.6 Å². The topological polar surface area (TPSA) is 95.9 Å². The summed E-state index contributed by atoms with van der Waals surface area (Å²) in [7, 11) is -4.01. The van der Waals surface area contributed by atoms with Crippen molar-refractivity contribution >= 4 is 44.5 Å². The molecular formula is C23H24FN3O4S2. The van der Waals surface area contributed by atoms with Crippen molar-refractivity contribution in [3.8, 4) is 0 Å². The first-order chi connectivity index (χ1) is 15.8. The summed E-state index contributed by atoms with van der Waals surface area (Å²) >= 11 is 1.01. The molecule has 1 saturated carbocycles. The van der Waals surface area contributed by atoms with E-state index >= 15 is 0 Å². The van der Waals surface area contributed by atoms with E-state index in [1.807, 2.05) is 0 Å². The number of halogens is 1. The molecule has 174 valence electrons. The number of thioether (sulfide) groups is 1. The average Bonchev–Trinajstić information content (AvgIpc) is 3.10. The first kappa shape index (κ1) is 23.4. The van der Waals surface area contributed by atoms with Crippen molar-refractivity contribution < 1.29 is 22.4 Å². The van der Waals surface area contributed by atoms with Crippen molar-refractivity contribution in [3.05, 3.63) is 60.4 Å². The SMILES string of the molecule is O=C(CC1SC(=NS(=O)(=O)c2ccccc2)N(C2CCCCC2)C1=O)Nc1ccc(F)cc1. The van der Waals surface area contributed by atoms with E-state index in [4.69, 9.17) is 0 Å². The van der Waals surface area contributed by atoms with Crippen LogP contribution < -0.4 is 5.32 Å². The van der Waals surface area contributed by atoms with E-state index in [2.05, 4.69) is 9.71 Å². The molecule has 7 nitrogen and oxygen atoms in total. The number of carbonyl (C=O) groups excluding carboxylic acids is 2. The van der Waals surface area contributed by atoms with Gasteiger partial charge in [0.15, 0.2) is 5.17 Å². The number of hydrogen-bond acceptors (Lipinski definition) is 5. The summed E-state index contributed by atoms with van der Waals surface area (Å²) in [6, 6.07) is 13.1. The zero-order valence-electron chi connectivity index (χ0n) is 17.8. The van der Waals surface area contributed by atoms with Crippen LogP contribution in [0.25, 0.3) is 0 Å². The Balaban J connectivity index is 1.56. The number of anilines is 1. The molecule has 0 spiro atoms. The molecule has 2 fully saturated rings. The highest BCUT2D eigenvalue weighted by atomic mass is 32.2. The van der Waals surface area contributed by atoms with Crippen LogP contribution in [-0.2, 0) is 19.6 Å². The van der Waals surface area contributed by atoms with E-state index in [1.165, 1.54) is 41.3 Å². The van der Waals surface area contributed by atoms with E-state index in [0.29, 0.717) is 5.69 Å². The number of sulfonamides is 1. The second-order valence-electron chi connectivity index (χ2n) is 8.03. The average molecular weight is 490 g/mol. The third-order valence-corrected chi connectivity index (χ3v) is 8.19. The van der Waals surface area contributed by atoms with Crippen molar-refractivity contribution in [3.63, 3.8) is 0 Å². The lowest BCUT2D eigenvalue weighted by Gasteiger charge is -2.30. The van der Waals surface area contributed by atoms with Gasteiger partial charge in [0.05, 0.1) is 4.90 Å². The lowest BCUT2D eigenvalue weighted by atomic mass is 9.94. The third kappa shape index (κ3) is 5.62. The molecule has 1 heterocycles. The standard InChI is InChI=1S/C23H24FN3O4S2/c24-16-11-13-17(14-12-16)25-21(28)15-20-22(29)27(18-7-3-1-4-8-18)23(32-20)26-33(30,31)19-9-5-2-6-10-19/h2,5-6,9-14,18,20H,1,3-4,7-8,15H2,(H,25,28). The molecular weight excluding hydrogens is 465 g/mol. The van der Waals surface area contributed by atoms with Crippen molar-refractivity contribution in [1.29, 1.82) is 0 Å². The van der Waals surface area contributed by atoms with Crippen LogP contribution in [0, 0.1) is 5.82 Å². The number of rotatable bonds is 6. The lowest BCUT2D eigenvalue weighted by molar-refractivity contribution is -0.130. The Bertz CT molecular complexity index is 1150. The highest BCUT2D eigenvalue weighted by Gasteiger charge is 2.43. The molecule has 1 atom stereocenters. The van der Waals surface area contributed by atoms with E-state index in [0.717, 1.165) is 43.9 Å². The van der Waals surface area contributed by atoms with Crippen LogP contribution >= 0.6 is 11.8 Å². The highest BCUT2D eigenvalue weighted by Crippen LogP contribution is 2.36. The minimum absolute atomic E-state index is 0.0478. The Kier molecular flexibility index (Phi) is 7.14. The van der Waals surface area contributed by atoms with Gasteiger partial charge in [-0.3, -0.25) is 14.5 Å². The van der Waals surface area contributed by atoms with Crippen LogP contribution in [0.2, 0.25) is 0 Å². The number of amides is 2. The molecule has 1 saturated heterocycles. The van der Waals surface area contributed by atoms with Gasteiger partial charge in [-0.05, 0) is 49.2 Å². The molecule has 10 heteroatoms. The normalized spacial score (nSPS) is 20.9. The molecule has 2 aromatic rings. The minimum Gasteiger partial charge on any atom is -0.326 e. The Morgan fingerprint density at radius 3 is 2.39 bits per heavy atom. The van der Waals surface area contributed by atoms with E-state index in [9.17, 15) is 22.4 Å². The summed E-state index contributed by atoms with van der Waals surface area (Å²) < 4.78 is 42.9. The van der Waals surface area contributed by atoms with Crippen molar-refractivity contribution in [2.75, 3.05) is 5.32 Å². The Morgan fingerprint density at radius 1 is 1.06 bits per heavy atom. The summed E-state index contributed by atoms with van der Waals surface area (Å²) in [5, 5.41) is 1.99. The van der Waals surface area contributed by atoms with Gasteiger partial charge in [-0.2, -0.15) is 8.42 Å². The summed E-state index contributed by atoms with van der Waals surface area (Å²) in [6.07, 6.45) is 4.37. The molecule has 1 unspecified atom stereocenters. The van der Waals surface area contributed by atoms with Crippen molar-refractivity contribution in [2.45, 2.75) is 54.7 Å². The molecule has 2 amide bonds.